The summed E-state index contributed by atoms with van der Waals surface area (Å²) in [6.45, 7) is 0. The first kappa shape index (κ1) is 15.4. The van der Waals surface area contributed by atoms with Crippen molar-refractivity contribution in [3.63, 3.8) is 0 Å². The molecule has 0 aromatic carbocycles. The van der Waals surface area contributed by atoms with E-state index in [2.05, 4.69) is 14.2 Å². The van der Waals surface area contributed by atoms with Gasteiger partial charge in [-0.3, -0.25) is 0 Å². The Morgan fingerprint density at radius 1 is 1.31 bits per heavy atom. The molecule has 0 spiro atoms. The molecule has 0 radical (unpaired) electrons. The van der Waals surface area contributed by atoms with Gasteiger partial charge in [-0.25, -0.2) is 4.79 Å². The molecule has 0 bridgehead atoms. The van der Waals surface area contributed by atoms with Crippen LogP contribution >= 0.6 is 0 Å². The van der Waals surface area contributed by atoms with Crippen LogP contribution in [0, 0.1) is 0 Å². The molecular weight excluding hydrogens is 187 g/mol. The minimum Gasteiger partial charge on any atom is -0.877 e. The Labute approximate surface area is 98.9 Å². The molecule has 0 saturated heterocycles. The molecule has 0 aliphatic heterocycles. The van der Waals surface area contributed by atoms with Crippen LogP contribution in [-0.2, 0) is 19.0 Å². The molecule has 0 saturated carbocycles. The molecule has 0 aliphatic carbocycles. The van der Waals surface area contributed by atoms with E-state index < -0.39 is 12.3 Å². The van der Waals surface area contributed by atoms with Gasteiger partial charge in [0.25, 0.3) is 0 Å². The summed E-state index contributed by atoms with van der Waals surface area (Å²) in [7, 11) is 3.81. The molecule has 0 rings (SSSR count). The monoisotopic (exact) mass is 198 g/mol. The van der Waals surface area contributed by atoms with Crippen LogP contribution in [0.1, 0.15) is 0 Å². The topological polar surface area (TPSA) is 67.8 Å². The van der Waals surface area contributed by atoms with Gasteiger partial charge in [-0.1, -0.05) is 0 Å². The molecule has 0 heterocycles. The summed E-state index contributed by atoms with van der Waals surface area (Å²) in [6, 6.07) is 0. The normalized spacial score (nSPS) is 10.9. The van der Waals surface area contributed by atoms with Gasteiger partial charge < -0.3 is 19.3 Å². The van der Waals surface area contributed by atoms with Crippen molar-refractivity contribution in [1.82, 2.24) is 0 Å². The van der Waals surface area contributed by atoms with Crippen molar-refractivity contribution in [1.29, 1.82) is 0 Å². The summed E-state index contributed by atoms with van der Waals surface area (Å²) < 4.78 is 13.7. The number of carbonyl (C=O) groups is 1. The van der Waals surface area contributed by atoms with E-state index in [0.29, 0.717) is 6.26 Å². The molecule has 0 aliphatic rings. The van der Waals surface area contributed by atoms with E-state index in [9.17, 15) is 9.90 Å². The van der Waals surface area contributed by atoms with Gasteiger partial charge in [0.2, 0.25) is 0 Å². The minimum absolute atomic E-state index is 0. The second-order valence-corrected chi connectivity index (χ2v) is 1.87. The number of carbonyl (C=O) groups excluding carboxylic acids is 1. The Hall–Kier alpha value is -0.0700. The first-order valence-electron chi connectivity index (χ1n) is 3.17. The summed E-state index contributed by atoms with van der Waals surface area (Å²) >= 11 is 0. The van der Waals surface area contributed by atoms with Crippen molar-refractivity contribution in [3.8, 4) is 0 Å². The number of hydrogen-bond donors (Lipinski definition) is 0. The smallest absolute Gasteiger partial charge is 0.877 e. The molecule has 70 valence electrons. The van der Waals surface area contributed by atoms with E-state index in [1.165, 1.54) is 21.3 Å². The molecular formula is C7H11NaO5. The van der Waals surface area contributed by atoms with E-state index in [-0.39, 0.29) is 35.1 Å². The van der Waals surface area contributed by atoms with Crippen molar-refractivity contribution in [2.75, 3.05) is 21.3 Å². The molecule has 0 aromatic rings. The molecule has 0 N–H and O–H groups in total. The third-order valence-corrected chi connectivity index (χ3v) is 1.23. The Kier molecular flexibility index (Phi) is 10.1. The maximum atomic E-state index is 10.9. The van der Waals surface area contributed by atoms with Gasteiger partial charge in [0, 0.05) is 14.2 Å². The second-order valence-electron chi connectivity index (χ2n) is 1.87. The van der Waals surface area contributed by atoms with Gasteiger partial charge in [-0.15, -0.1) is 6.26 Å². The van der Waals surface area contributed by atoms with Crippen LogP contribution in [-0.4, -0.2) is 33.6 Å². The zero-order valence-corrected chi connectivity index (χ0v) is 10.2. The van der Waals surface area contributed by atoms with E-state index in [1.54, 1.807) is 0 Å². The standard InChI is InChI=1S/C7H12O5.Na/c1-10-6(9)5(4-8)7(11-2)12-3;/h4,7-8H,1-3H3;/q;+1/p-1. The van der Waals surface area contributed by atoms with E-state index >= 15 is 0 Å². The average Bonchev–Trinajstić information content (AvgIpc) is 2.12. The van der Waals surface area contributed by atoms with Crippen molar-refractivity contribution in [3.05, 3.63) is 11.8 Å². The fourth-order valence-corrected chi connectivity index (χ4v) is 0.668. The second kappa shape index (κ2) is 8.52. The van der Waals surface area contributed by atoms with Crippen LogP contribution in [0.25, 0.3) is 0 Å². The Bertz CT molecular complexity index is 176. The van der Waals surface area contributed by atoms with Gasteiger partial charge in [-0.2, -0.15) is 0 Å². The summed E-state index contributed by atoms with van der Waals surface area (Å²) in [5, 5.41) is 10.4. The summed E-state index contributed by atoms with van der Waals surface area (Å²) in [4.78, 5) is 10.9. The van der Waals surface area contributed by atoms with Gasteiger partial charge in [0.1, 0.15) is 0 Å². The van der Waals surface area contributed by atoms with Crippen LogP contribution in [0.3, 0.4) is 0 Å². The number of methoxy groups -OCH3 is 3. The number of esters is 1. The maximum Gasteiger partial charge on any atom is 1.00 e. The maximum absolute atomic E-state index is 10.9. The Morgan fingerprint density at radius 2 is 1.77 bits per heavy atom. The van der Waals surface area contributed by atoms with E-state index in [1.807, 2.05) is 0 Å². The predicted octanol–water partition coefficient (Wildman–Crippen LogP) is -3.97. The summed E-state index contributed by atoms with van der Waals surface area (Å²) in [5.74, 6) is -0.751. The zero-order chi connectivity index (χ0) is 9.56. The minimum atomic E-state index is -0.963. The van der Waals surface area contributed by atoms with Gasteiger partial charge in [-0.05, 0) is 0 Å². The SMILES string of the molecule is COC(=O)C(=C[O-])C(OC)OC.[Na+]. The van der Waals surface area contributed by atoms with Crippen LogP contribution < -0.4 is 34.7 Å². The molecule has 0 amide bonds. The average molecular weight is 198 g/mol. The summed E-state index contributed by atoms with van der Waals surface area (Å²) in [5.41, 5.74) is -0.192. The quantitative estimate of drug-likeness (QED) is 0.151. The number of hydrogen-bond acceptors (Lipinski definition) is 5. The molecule has 13 heavy (non-hydrogen) atoms. The molecule has 6 heteroatoms. The van der Waals surface area contributed by atoms with Crippen molar-refractivity contribution in [2.24, 2.45) is 0 Å². The molecule has 0 aromatic heterocycles. The van der Waals surface area contributed by atoms with Gasteiger partial charge >= 0.3 is 35.5 Å². The van der Waals surface area contributed by atoms with Gasteiger partial charge in [0.15, 0.2) is 6.29 Å². The molecule has 0 fully saturated rings. The van der Waals surface area contributed by atoms with Crippen LogP contribution in [0.2, 0.25) is 0 Å². The number of ether oxygens (including phenoxy) is 3. The largest absolute Gasteiger partial charge is 1.00 e. The summed E-state index contributed by atoms with van der Waals surface area (Å²) in [6.07, 6.45) is -0.612. The zero-order valence-electron chi connectivity index (χ0n) is 8.20. The Balaban J connectivity index is 0. The first-order valence-corrected chi connectivity index (χ1v) is 3.17. The fourth-order valence-electron chi connectivity index (χ4n) is 0.668. The fraction of sp³-hybridized carbons (Fsp3) is 0.571. The van der Waals surface area contributed by atoms with Crippen molar-refractivity contribution in [2.45, 2.75) is 6.29 Å². The van der Waals surface area contributed by atoms with E-state index in [4.69, 9.17) is 0 Å². The third kappa shape index (κ3) is 4.64. The number of rotatable bonds is 4. The predicted molar refractivity (Wildman–Crippen MR) is 37.9 cm³/mol. The van der Waals surface area contributed by atoms with E-state index in [0.717, 1.165) is 0 Å². The van der Waals surface area contributed by atoms with Crippen LogP contribution in [0.5, 0.6) is 0 Å². The first-order chi connectivity index (χ1) is 5.71. The molecule has 0 unspecified atom stereocenters. The van der Waals surface area contributed by atoms with Gasteiger partial charge in [0.05, 0.1) is 12.7 Å². The van der Waals surface area contributed by atoms with Crippen molar-refractivity contribution < 1.29 is 53.7 Å². The Morgan fingerprint density at radius 3 is 2.00 bits per heavy atom. The van der Waals surface area contributed by atoms with Crippen molar-refractivity contribution >= 4 is 5.97 Å². The third-order valence-electron chi connectivity index (χ3n) is 1.23. The molecule has 0 atom stereocenters. The van der Waals surface area contributed by atoms with Crippen LogP contribution in [0.15, 0.2) is 11.8 Å². The molecule has 5 nitrogen and oxygen atoms in total. The van der Waals surface area contributed by atoms with Crippen LogP contribution in [0.4, 0.5) is 0 Å².